The molecule has 0 amide bonds. The van der Waals surface area contributed by atoms with E-state index in [1.54, 1.807) is 6.20 Å². The van der Waals surface area contributed by atoms with E-state index in [2.05, 4.69) is 27.4 Å². The molecule has 1 saturated carbocycles. The van der Waals surface area contributed by atoms with Crippen molar-refractivity contribution in [2.75, 3.05) is 16.8 Å². The molecular formula is C14H17N5. The van der Waals surface area contributed by atoms with E-state index in [1.165, 1.54) is 12.8 Å². The fraction of sp³-hybridized carbons (Fsp3) is 0.357. The van der Waals surface area contributed by atoms with Crippen LogP contribution >= 0.6 is 0 Å². The van der Waals surface area contributed by atoms with Crippen LogP contribution < -0.4 is 10.2 Å². The molecule has 0 spiro atoms. The average molecular weight is 255 g/mol. The Hall–Kier alpha value is -2.17. The summed E-state index contributed by atoms with van der Waals surface area (Å²) in [4.78, 5) is 6.59. The first-order valence-corrected chi connectivity index (χ1v) is 6.65. The lowest BCUT2D eigenvalue weighted by atomic mass is 10.3. The van der Waals surface area contributed by atoms with Crippen molar-refractivity contribution in [1.82, 2.24) is 15.2 Å². The minimum atomic E-state index is 0.566. The van der Waals surface area contributed by atoms with Gasteiger partial charge < -0.3 is 10.2 Å². The van der Waals surface area contributed by atoms with E-state index in [4.69, 9.17) is 0 Å². The summed E-state index contributed by atoms with van der Waals surface area (Å²) in [5.74, 6) is 1.45. The molecule has 1 heterocycles. The van der Waals surface area contributed by atoms with E-state index in [0.717, 1.165) is 18.1 Å². The molecular weight excluding hydrogens is 238 g/mol. The fourth-order valence-corrected chi connectivity index (χ4v) is 1.96. The van der Waals surface area contributed by atoms with Crippen LogP contribution in [0.15, 0.2) is 36.5 Å². The summed E-state index contributed by atoms with van der Waals surface area (Å²) in [6.07, 6.45) is 4.12. The predicted molar refractivity (Wildman–Crippen MR) is 75.6 cm³/mol. The Morgan fingerprint density at radius 1 is 1.26 bits per heavy atom. The third-order valence-electron chi connectivity index (χ3n) is 3.10. The number of benzene rings is 1. The van der Waals surface area contributed by atoms with E-state index in [0.29, 0.717) is 12.0 Å². The van der Waals surface area contributed by atoms with Crippen LogP contribution in [0.5, 0.6) is 0 Å². The maximum absolute atomic E-state index is 4.54. The van der Waals surface area contributed by atoms with Gasteiger partial charge in [-0.15, -0.1) is 5.10 Å². The second-order valence-corrected chi connectivity index (χ2v) is 4.64. The lowest BCUT2D eigenvalue weighted by molar-refractivity contribution is 0.881. The van der Waals surface area contributed by atoms with Crippen LogP contribution in [0.2, 0.25) is 0 Å². The number of anilines is 3. The third kappa shape index (κ3) is 2.81. The van der Waals surface area contributed by atoms with Gasteiger partial charge >= 0.3 is 0 Å². The molecule has 98 valence electrons. The highest BCUT2D eigenvalue weighted by molar-refractivity contribution is 5.57. The molecule has 1 fully saturated rings. The number of aromatic nitrogens is 3. The molecule has 0 unspecified atom stereocenters. The van der Waals surface area contributed by atoms with Crippen molar-refractivity contribution in [2.24, 2.45) is 0 Å². The molecule has 0 atom stereocenters. The van der Waals surface area contributed by atoms with Crippen LogP contribution in [0, 0.1) is 0 Å². The number of para-hydroxylation sites is 1. The van der Waals surface area contributed by atoms with Gasteiger partial charge in [0.25, 0.3) is 5.95 Å². The molecule has 1 aliphatic carbocycles. The highest BCUT2D eigenvalue weighted by Gasteiger charge is 2.22. The van der Waals surface area contributed by atoms with Gasteiger partial charge in [0.2, 0.25) is 0 Å². The van der Waals surface area contributed by atoms with E-state index in [-0.39, 0.29) is 0 Å². The second-order valence-electron chi connectivity index (χ2n) is 4.64. The standard InChI is InChI=1S/C14H17N5/c1-2-19(12-6-4-3-5-7-12)14-17-13(10-15-18-14)16-11-8-9-11/h3-7,10-11H,2,8-9H2,1H3,(H,16,17,18). The second kappa shape index (κ2) is 5.22. The lowest BCUT2D eigenvalue weighted by Gasteiger charge is -2.20. The van der Waals surface area contributed by atoms with Crippen molar-refractivity contribution < 1.29 is 0 Å². The van der Waals surface area contributed by atoms with Crippen molar-refractivity contribution in [3.05, 3.63) is 36.5 Å². The molecule has 19 heavy (non-hydrogen) atoms. The Morgan fingerprint density at radius 3 is 2.74 bits per heavy atom. The summed E-state index contributed by atoms with van der Waals surface area (Å²) in [6, 6.07) is 10.7. The monoisotopic (exact) mass is 255 g/mol. The summed E-state index contributed by atoms with van der Waals surface area (Å²) < 4.78 is 0. The molecule has 3 rings (SSSR count). The molecule has 0 aliphatic heterocycles. The minimum absolute atomic E-state index is 0.566. The van der Waals surface area contributed by atoms with Gasteiger partial charge in [-0.3, -0.25) is 0 Å². The van der Waals surface area contributed by atoms with Gasteiger partial charge in [0, 0.05) is 18.3 Å². The number of hydrogen-bond acceptors (Lipinski definition) is 5. The molecule has 1 aromatic carbocycles. The number of hydrogen-bond donors (Lipinski definition) is 1. The molecule has 2 aromatic rings. The number of nitrogens with zero attached hydrogens (tertiary/aromatic N) is 4. The van der Waals surface area contributed by atoms with Crippen LogP contribution in [-0.4, -0.2) is 27.8 Å². The minimum Gasteiger partial charge on any atom is -0.366 e. The quantitative estimate of drug-likeness (QED) is 0.890. The van der Waals surface area contributed by atoms with Crippen molar-refractivity contribution in [3.8, 4) is 0 Å². The van der Waals surface area contributed by atoms with Gasteiger partial charge in [0.15, 0.2) is 5.82 Å². The number of nitrogens with one attached hydrogen (secondary N) is 1. The maximum atomic E-state index is 4.54. The zero-order valence-electron chi connectivity index (χ0n) is 11.0. The Balaban J connectivity index is 1.86. The van der Waals surface area contributed by atoms with Crippen LogP contribution in [0.1, 0.15) is 19.8 Å². The van der Waals surface area contributed by atoms with Crippen molar-refractivity contribution in [2.45, 2.75) is 25.8 Å². The van der Waals surface area contributed by atoms with Gasteiger partial charge in [-0.2, -0.15) is 10.1 Å². The average Bonchev–Trinajstić information content (AvgIpc) is 3.25. The Morgan fingerprint density at radius 2 is 2.05 bits per heavy atom. The summed E-state index contributed by atoms with van der Waals surface area (Å²) in [5.41, 5.74) is 1.08. The zero-order valence-corrected chi connectivity index (χ0v) is 11.0. The fourth-order valence-electron chi connectivity index (χ4n) is 1.96. The first-order chi connectivity index (χ1) is 9.36. The smallest absolute Gasteiger partial charge is 0.251 e. The molecule has 0 saturated heterocycles. The Bertz CT molecular complexity index is 539. The summed E-state index contributed by atoms with van der Waals surface area (Å²) in [7, 11) is 0. The highest BCUT2D eigenvalue weighted by Crippen LogP contribution is 2.25. The van der Waals surface area contributed by atoms with Crippen molar-refractivity contribution in [3.63, 3.8) is 0 Å². The molecule has 0 radical (unpaired) electrons. The number of rotatable bonds is 5. The SMILES string of the molecule is CCN(c1ccccc1)c1nncc(NC2CC2)n1. The van der Waals surface area contributed by atoms with Gasteiger partial charge in [-0.1, -0.05) is 18.2 Å². The topological polar surface area (TPSA) is 53.9 Å². The Kier molecular flexibility index (Phi) is 3.27. The molecule has 1 aromatic heterocycles. The van der Waals surface area contributed by atoms with Crippen LogP contribution in [0.25, 0.3) is 0 Å². The molecule has 1 N–H and O–H groups in total. The van der Waals surface area contributed by atoms with Gasteiger partial charge in [-0.05, 0) is 31.9 Å². The predicted octanol–water partition coefficient (Wildman–Crippen LogP) is 2.60. The molecule has 0 bridgehead atoms. The maximum Gasteiger partial charge on any atom is 0.251 e. The molecule has 1 aliphatic rings. The van der Waals surface area contributed by atoms with Crippen molar-refractivity contribution in [1.29, 1.82) is 0 Å². The summed E-state index contributed by atoms with van der Waals surface area (Å²) in [5, 5.41) is 11.5. The zero-order chi connectivity index (χ0) is 13.1. The lowest BCUT2D eigenvalue weighted by Crippen LogP contribution is -2.20. The molecule has 5 nitrogen and oxygen atoms in total. The first kappa shape index (κ1) is 11.9. The largest absolute Gasteiger partial charge is 0.366 e. The van der Waals surface area contributed by atoms with Gasteiger partial charge in [-0.25, -0.2) is 0 Å². The van der Waals surface area contributed by atoms with Gasteiger partial charge in [0.05, 0.1) is 6.20 Å². The van der Waals surface area contributed by atoms with Gasteiger partial charge in [0.1, 0.15) is 0 Å². The molecule has 5 heteroatoms. The van der Waals surface area contributed by atoms with E-state index in [1.807, 2.05) is 35.2 Å². The van der Waals surface area contributed by atoms with E-state index in [9.17, 15) is 0 Å². The normalized spacial score (nSPS) is 14.2. The third-order valence-corrected chi connectivity index (χ3v) is 3.10. The first-order valence-electron chi connectivity index (χ1n) is 6.65. The van der Waals surface area contributed by atoms with Crippen LogP contribution in [0.3, 0.4) is 0 Å². The Labute approximate surface area is 112 Å². The van der Waals surface area contributed by atoms with Crippen molar-refractivity contribution >= 4 is 17.5 Å². The van der Waals surface area contributed by atoms with Crippen LogP contribution in [0.4, 0.5) is 17.5 Å². The highest BCUT2D eigenvalue weighted by atomic mass is 15.3. The van der Waals surface area contributed by atoms with E-state index >= 15 is 0 Å². The van der Waals surface area contributed by atoms with Crippen LogP contribution in [-0.2, 0) is 0 Å². The summed E-state index contributed by atoms with van der Waals surface area (Å²) >= 11 is 0. The summed E-state index contributed by atoms with van der Waals surface area (Å²) in [6.45, 7) is 2.88. The van der Waals surface area contributed by atoms with E-state index < -0.39 is 0 Å².